The predicted molar refractivity (Wildman–Crippen MR) is 36.3 cm³/mol. The van der Waals surface area contributed by atoms with Gasteiger partial charge in [-0.05, 0) is 5.75 Å². The molecule has 1 nitrogen and oxygen atoms in total. The van der Waals surface area contributed by atoms with E-state index in [1.165, 1.54) is 0 Å². The molecule has 0 rings (SSSR count). The van der Waals surface area contributed by atoms with Crippen LogP contribution < -0.4 is 5.32 Å². The van der Waals surface area contributed by atoms with E-state index in [1.54, 1.807) is 11.8 Å². The third-order valence-corrected chi connectivity index (χ3v) is 1.44. The Morgan fingerprint density at radius 1 is 1.86 bits per heavy atom. The molecule has 7 heavy (non-hydrogen) atoms. The summed E-state index contributed by atoms with van der Waals surface area (Å²) in [6.07, 6.45) is 0. The average molecular weight is 117 g/mol. The Hall–Kier alpha value is -0.110. The maximum absolute atomic E-state index is 3.71. The normalized spacial score (nSPS) is 8.29. The summed E-state index contributed by atoms with van der Waals surface area (Å²) >= 11 is 1.73. The zero-order valence-electron chi connectivity index (χ0n) is 4.82. The summed E-state index contributed by atoms with van der Waals surface area (Å²) in [5.74, 6) is 1.10. The fourth-order valence-electron chi connectivity index (χ4n) is 0.246. The first-order chi connectivity index (χ1) is 3.31. The van der Waals surface area contributed by atoms with Crippen LogP contribution in [-0.4, -0.2) is 12.8 Å². The second-order valence-electron chi connectivity index (χ2n) is 1.11. The molecule has 0 amide bonds. The van der Waals surface area contributed by atoms with Gasteiger partial charge >= 0.3 is 0 Å². The van der Waals surface area contributed by atoms with Crippen LogP contribution in [-0.2, 0) is 0 Å². The molecule has 0 unspecified atom stereocenters. The molecule has 0 bridgehead atoms. The van der Waals surface area contributed by atoms with Gasteiger partial charge in [0.2, 0.25) is 0 Å². The molecule has 0 atom stereocenters. The summed E-state index contributed by atoms with van der Waals surface area (Å²) in [5, 5.41) is 3.98. The Labute approximate surface area is 49.2 Å². The van der Waals surface area contributed by atoms with E-state index in [-0.39, 0.29) is 0 Å². The molecule has 0 saturated carbocycles. The molecule has 0 fully saturated rings. The lowest BCUT2D eigenvalue weighted by Crippen LogP contribution is -1.99. The molecule has 0 aliphatic rings. The van der Waals surface area contributed by atoms with Crippen molar-refractivity contribution >= 4 is 11.8 Å². The highest BCUT2D eigenvalue weighted by Gasteiger charge is 1.82. The van der Waals surface area contributed by atoms with Gasteiger partial charge in [0.1, 0.15) is 0 Å². The van der Waals surface area contributed by atoms with Gasteiger partial charge in [0.15, 0.2) is 0 Å². The van der Waals surface area contributed by atoms with Crippen molar-refractivity contribution in [3.8, 4) is 0 Å². The Morgan fingerprint density at radius 3 is 2.57 bits per heavy atom. The summed E-state index contributed by atoms with van der Waals surface area (Å²) in [5.41, 5.74) is 0. The Balaban J connectivity index is 3.00. The van der Waals surface area contributed by atoms with Gasteiger partial charge in [-0.25, -0.2) is 0 Å². The molecule has 0 aromatic rings. The molecule has 0 aliphatic carbocycles. The van der Waals surface area contributed by atoms with Crippen LogP contribution in [0, 0.1) is 0 Å². The smallest absolute Gasteiger partial charge is 0.0605 e. The van der Waals surface area contributed by atoms with Crippen LogP contribution >= 0.6 is 11.8 Å². The number of nitrogens with one attached hydrogen (secondary N) is 1. The second-order valence-corrected chi connectivity index (χ2v) is 2.47. The van der Waals surface area contributed by atoms with Crippen molar-refractivity contribution in [1.82, 2.24) is 5.32 Å². The molecule has 0 radical (unpaired) electrons. The van der Waals surface area contributed by atoms with Crippen LogP contribution in [0.3, 0.4) is 0 Å². The third-order valence-electron chi connectivity index (χ3n) is 0.597. The molecule has 0 aromatic heterocycles. The van der Waals surface area contributed by atoms with Crippen molar-refractivity contribution in [2.24, 2.45) is 0 Å². The van der Waals surface area contributed by atoms with E-state index in [2.05, 4.69) is 18.8 Å². The number of hydrogen-bond donors (Lipinski definition) is 1. The lowest BCUT2D eigenvalue weighted by Gasteiger charge is -1.97. The Morgan fingerprint density at radius 2 is 2.43 bits per heavy atom. The van der Waals surface area contributed by atoms with Gasteiger partial charge in [0, 0.05) is 7.05 Å². The van der Waals surface area contributed by atoms with Crippen molar-refractivity contribution < 1.29 is 0 Å². The Bertz CT molecular complexity index is 61.1. The minimum Gasteiger partial charge on any atom is -0.383 e. The van der Waals surface area contributed by atoms with E-state index < -0.39 is 0 Å². The fourth-order valence-corrected chi connectivity index (χ4v) is 0.739. The molecule has 0 aromatic carbocycles. The zero-order valence-corrected chi connectivity index (χ0v) is 5.64. The van der Waals surface area contributed by atoms with E-state index in [9.17, 15) is 0 Å². The summed E-state index contributed by atoms with van der Waals surface area (Å²) in [4.78, 5) is 0. The van der Waals surface area contributed by atoms with Gasteiger partial charge < -0.3 is 5.32 Å². The highest BCUT2D eigenvalue weighted by molar-refractivity contribution is 8.02. The zero-order chi connectivity index (χ0) is 5.70. The second kappa shape index (κ2) is 4.06. The van der Waals surface area contributed by atoms with E-state index in [4.69, 9.17) is 0 Å². The first-order valence-corrected chi connectivity index (χ1v) is 3.29. The van der Waals surface area contributed by atoms with Crippen LogP contribution in [0.25, 0.3) is 0 Å². The minimum absolute atomic E-state index is 1.04. The molecule has 0 aliphatic heterocycles. The van der Waals surface area contributed by atoms with Gasteiger partial charge in [0.25, 0.3) is 0 Å². The fraction of sp³-hybridized carbons (Fsp3) is 0.600. The van der Waals surface area contributed by atoms with Crippen molar-refractivity contribution in [3.05, 3.63) is 11.6 Å². The van der Waals surface area contributed by atoms with Crippen molar-refractivity contribution in [3.63, 3.8) is 0 Å². The minimum atomic E-state index is 1.04. The lowest BCUT2D eigenvalue weighted by molar-refractivity contribution is 1.08. The van der Waals surface area contributed by atoms with E-state index in [0.717, 1.165) is 10.8 Å². The summed E-state index contributed by atoms with van der Waals surface area (Å²) in [7, 11) is 1.88. The van der Waals surface area contributed by atoms with Gasteiger partial charge in [-0.3, -0.25) is 0 Å². The van der Waals surface area contributed by atoms with Gasteiger partial charge in [-0.2, -0.15) is 0 Å². The summed E-state index contributed by atoms with van der Waals surface area (Å²) < 4.78 is 0. The summed E-state index contributed by atoms with van der Waals surface area (Å²) in [6, 6.07) is 0. The molecular formula is C5H11NS. The average Bonchev–Trinajstić information content (AvgIpc) is 1.68. The monoisotopic (exact) mass is 117 g/mol. The van der Waals surface area contributed by atoms with Crippen molar-refractivity contribution in [2.75, 3.05) is 12.8 Å². The van der Waals surface area contributed by atoms with Crippen molar-refractivity contribution in [2.45, 2.75) is 6.92 Å². The maximum Gasteiger partial charge on any atom is 0.0605 e. The van der Waals surface area contributed by atoms with Gasteiger partial charge in [-0.15, -0.1) is 11.8 Å². The number of hydrogen-bond acceptors (Lipinski definition) is 2. The molecular weight excluding hydrogens is 106 g/mol. The largest absolute Gasteiger partial charge is 0.383 e. The molecule has 1 N–H and O–H groups in total. The highest BCUT2D eigenvalue weighted by Crippen LogP contribution is 2.06. The predicted octanol–water partition coefficient (Wildman–Crippen LogP) is 1.43. The molecule has 0 spiro atoms. The lowest BCUT2D eigenvalue weighted by atomic mass is 11.0. The molecule has 42 valence electrons. The number of thioether (sulfide) groups is 1. The van der Waals surface area contributed by atoms with Crippen molar-refractivity contribution in [1.29, 1.82) is 0 Å². The SMILES string of the molecule is C=C(NC)SCC. The van der Waals surface area contributed by atoms with E-state index >= 15 is 0 Å². The van der Waals surface area contributed by atoms with Crippen LogP contribution in [0.4, 0.5) is 0 Å². The highest BCUT2D eigenvalue weighted by atomic mass is 32.2. The first-order valence-electron chi connectivity index (χ1n) is 2.30. The quantitative estimate of drug-likeness (QED) is 0.600. The van der Waals surface area contributed by atoms with Crippen LogP contribution in [0.15, 0.2) is 11.6 Å². The molecule has 2 heteroatoms. The van der Waals surface area contributed by atoms with Gasteiger partial charge in [0.05, 0.1) is 5.03 Å². The van der Waals surface area contributed by atoms with Crippen LogP contribution in [0.5, 0.6) is 0 Å². The number of rotatable bonds is 3. The maximum atomic E-state index is 3.71. The van der Waals surface area contributed by atoms with E-state index in [1.807, 2.05) is 7.05 Å². The first kappa shape index (κ1) is 6.89. The van der Waals surface area contributed by atoms with Crippen LogP contribution in [0.1, 0.15) is 6.92 Å². The molecule has 0 saturated heterocycles. The Kier molecular flexibility index (Phi) is 4.00. The standard InChI is InChI=1S/C5H11NS/c1-4-7-5(2)6-3/h6H,2,4H2,1,3H3. The summed E-state index contributed by atoms with van der Waals surface area (Å²) in [6.45, 7) is 5.82. The van der Waals surface area contributed by atoms with Crippen LogP contribution in [0.2, 0.25) is 0 Å². The molecule has 0 heterocycles. The third kappa shape index (κ3) is 3.73. The van der Waals surface area contributed by atoms with E-state index in [0.29, 0.717) is 0 Å². The topological polar surface area (TPSA) is 12.0 Å². The van der Waals surface area contributed by atoms with Gasteiger partial charge in [-0.1, -0.05) is 13.5 Å².